The van der Waals surface area contributed by atoms with Crippen LogP contribution in [0, 0.1) is 0 Å². The standard InChI is InChI=1S/C16H19BrN2O/c17-16-7-6-15(20-16)13-19-10-8-18(9-11-19)12-14-4-2-1-3-5-14/h1-7H,8-13H2. The van der Waals surface area contributed by atoms with E-state index in [0.29, 0.717) is 0 Å². The van der Waals surface area contributed by atoms with Crippen LogP contribution in [0.2, 0.25) is 0 Å². The lowest BCUT2D eigenvalue weighted by Gasteiger charge is -2.34. The number of piperazine rings is 1. The maximum Gasteiger partial charge on any atom is 0.169 e. The molecule has 106 valence electrons. The lowest BCUT2D eigenvalue weighted by Crippen LogP contribution is -2.45. The second kappa shape index (κ2) is 6.57. The lowest BCUT2D eigenvalue weighted by molar-refractivity contribution is 0.115. The van der Waals surface area contributed by atoms with Crippen LogP contribution in [0.15, 0.2) is 51.6 Å². The smallest absolute Gasteiger partial charge is 0.169 e. The molecule has 1 fully saturated rings. The first-order chi connectivity index (χ1) is 9.79. The monoisotopic (exact) mass is 334 g/mol. The molecular weight excluding hydrogens is 316 g/mol. The zero-order valence-corrected chi connectivity index (χ0v) is 13.1. The Kier molecular flexibility index (Phi) is 4.55. The van der Waals surface area contributed by atoms with E-state index in [1.165, 1.54) is 5.56 Å². The molecule has 0 saturated carbocycles. The van der Waals surface area contributed by atoms with Crippen molar-refractivity contribution in [2.45, 2.75) is 13.1 Å². The Bertz CT molecular complexity index is 532. The van der Waals surface area contributed by atoms with E-state index in [-0.39, 0.29) is 0 Å². The minimum Gasteiger partial charge on any atom is -0.453 e. The predicted molar refractivity (Wildman–Crippen MR) is 83.4 cm³/mol. The van der Waals surface area contributed by atoms with Crippen LogP contribution >= 0.6 is 15.9 Å². The molecule has 0 amide bonds. The van der Waals surface area contributed by atoms with Crippen LogP contribution in [0.3, 0.4) is 0 Å². The summed E-state index contributed by atoms with van der Waals surface area (Å²) in [6.07, 6.45) is 0. The van der Waals surface area contributed by atoms with Crippen molar-refractivity contribution in [2.24, 2.45) is 0 Å². The molecule has 2 heterocycles. The minimum atomic E-state index is 0.815. The molecule has 1 aliphatic heterocycles. The van der Waals surface area contributed by atoms with E-state index in [9.17, 15) is 0 Å². The van der Waals surface area contributed by atoms with Gasteiger partial charge in [0.1, 0.15) is 5.76 Å². The normalized spacial score (nSPS) is 17.4. The van der Waals surface area contributed by atoms with Crippen LogP contribution in [0.5, 0.6) is 0 Å². The molecule has 1 aliphatic rings. The lowest BCUT2D eigenvalue weighted by atomic mass is 10.2. The first-order valence-electron chi connectivity index (χ1n) is 7.02. The van der Waals surface area contributed by atoms with Crippen molar-refractivity contribution in [1.82, 2.24) is 9.80 Å². The first-order valence-corrected chi connectivity index (χ1v) is 7.82. The Morgan fingerprint density at radius 3 is 2.10 bits per heavy atom. The van der Waals surface area contributed by atoms with Crippen molar-refractivity contribution < 1.29 is 4.42 Å². The van der Waals surface area contributed by atoms with Crippen molar-refractivity contribution in [2.75, 3.05) is 26.2 Å². The molecule has 1 aromatic heterocycles. The second-order valence-corrected chi connectivity index (χ2v) is 6.03. The molecule has 0 N–H and O–H groups in total. The Morgan fingerprint density at radius 1 is 0.850 bits per heavy atom. The van der Waals surface area contributed by atoms with Gasteiger partial charge in [0, 0.05) is 32.7 Å². The molecule has 0 radical (unpaired) electrons. The van der Waals surface area contributed by atoms with Gasteiger partial charge in [-0.25, -0.2) is 0 Å². The summed E-state index contributed by atoms with van der Waals surface area (Å²) in [4.78, 5) is 4.97. The van der Waals surface area contributed by atoms with Gasteiger partial charge in [-0.05, 0) is 33.6 Å². The highest BCUT2D eigenvalue weighted by molar-refractivity contribution is 9.10. The molecule has 0 unspecified atom stereocenters. The Balaban J connectivity index is 1.47. The fraction of sp³-hybridized carbons (Fsp3) is 0.375. The van der Waals surface area contributed by atoms with Crippen molar-refractivity contribution in [3.05, 3.63) is 58.5 Å². The number of hydrogen-bond donors (Lipinski definition) is 0. The van der Waals surface area contributed by atoms with Crippen LogP contribution in [-0.4, -0.2) is 36.0 Å². The van der Waals surface area contributed by atoms with Crippen molar-refractivity contribution in [3.63, 3.8) is 0 Å². The zero-order valence-electron chi connectivity index (χ0n) is 11.5. The molecular formula is C16H19BrN2O. The predicted octanol–water partition coefficient (Wildman–Crippen LogP) is 3.36. The van der Waals surface area contributed by atoms with E-state index in [1.807, 2.05) is 12.1 Å². The SMILES string of the molecule is Brc1ccc(CN2CCN(Cc3ccccc3)CC2)o1. The Hall–Kier alpha value is -1.10. The van der Waals surface area contributed by atoms with Gasteiger partial charge >= 0.3 is 0 Å². The molecule has 1 aromatic carbocycles. The third-order valence-electron chi connectivity index (χ3n) is 3.72. The minimum absolute atomic E-state index is 0.815. The fourth-order valence-corrected chi connectivity index (χ4v) is 2.94. The molecule has 4 heteroatoms. The van der Waals surface area contributed by atoms with Crippen LogP contribution in [0.4, 0.5) is 0 Å². The molecule has 0 spiro atoms. The average Bonchev–Trinajstić information content (AvgIpc) is 2.88. The van der Waals surface area contributed by atoms with E-state index >= 15 is 0 Å². The summed E-state index contributed by atoms with van der Waals surface area (Å²) in [5.41, 5.74) is 1.40. The number of nitrogens with zero attached hydrogens (tertiary/aromatic N) is 2. The molecule has 0 bridgehead atoms. The van der Waals surface area contributed by atoms with Gasteiger partial charge in [0.05, 0.1) is 6.54 Å². The molecule has 3 nitrogen and oxygen atoms in total. The highest BCUT2D eigenvalue weighted by Gasteiger charge is 2.17. The van der Waals surface area contributed by atoms with E-state index in [2.05, 4.69) is 56.1 Å². The van der Waals surface area contributed by atoms with Crippen LogP contribution < -0.4 is 0 Å². The van der Waals surface area contributed by atoms with Gasteiger partial charge in [0.2, 0.25) is 0 Å². The highest BCUT2D eigenvalue weighted by Crippen LogP contribution is 2.17. The maximum atomic E-state index is 5.57. The zero-order chi connectivity index (χ0) is 13.8. The molecule has 0 atom stereocenters. The summed E-state index contributed by atoms with van der Waals surface area (Å²) in [5, 5.41) is 0. The van der Waals surface area contributed by atoms with Gasteiger partial charge in [-0.3, -0.25) is 9.80 Å². The molecule has 3 rings (SSSR count). The van der Waals surface area contributed by atoms with Gasteiger partial charge in [0.15, 0.2) is 4.67 Å². The average molecular weight is 335 g/mol. The summed E-state index contributed by atoms with van der Waals surface area (Å²) in [6, 6.07) is 14.7. The van der Waals surface area contributed by atoms with Crippen LogP contribution in [0.25, 0.3) is 0 Å². The van der Waals surface area contributed by atoms with Crippen molar-refractivity contribution in [1.29, 1.82) is 0 Å². The highest BCUT2D eigenvalue weighted by atomic mass is 79.9. The number of hydrogen-bond acceptors (Lipinski definition) is 3. The Morgan fingerprint density at radius 2 is 1.50 bits per heavy atom. The second-order valence-electron chi connectivity index (χ2n) is 5.24. The van der Waals surface area contributed by atoms with Crippen LogP contribution in [-0.2, 0) is 13.1 Å². The van der Waals surface area contributed by atoms with Gasteiger partial charge in [-0.15, -0.1) is 0 Å². The maximum absolute atomic E-state index is 5.57. The first kappa shape index (κ1) is 13.9. The molecule has 20 heavy (non-hydrogen) atoms. The third-order valence-corrected chi connectivity index (χ3v) is 4.15. The summed E-state index contributed by atoms with van der Waals surface area (Å²) in [6.45, 7) is 6.41. The largest absolute Gasteiger partial charge is 0.453 e. The summed E-state index contributed by atoms with van der Waals surface area (Å²) in [7, 11) is 0. The summed E-state index contributed by atoms with van der Waals surface area (Å²) in [5.74, 6) is 1.04. The number of rotatable bonds is 4. The number of benzene rings is 1. The molecule has 0 aliphatic carbocycles. The van der Waals surface area contributed by atoms with Crippen LogP contribution in [0.1, 0.15) is 11.3 Å². The quantitative estimate of drug-likeness (QED) is 0.854. The molecule has 2 aromatic rings. The number of halogens is 1. The fourth-order valence-electron chi connectivity index (χ4n) is 2.60. The summed E-state index contributed by atoms with van der Waals surface area (Å²) < 4.78 is 6.39. The van der Waals surface area contributed by atoms with E-state index in [4.69, 9.17) is 4.42 Å². The third kappa shape index (κ3) is 3.72. The van der Waals surface area contributed by atoms with E-state index < -0.39 is 0 Å². The number of furan rings is 1. The van der Waals surface area contributed by atoms with Gasteiger partial charge < -0.3 is 4.42 Å². The Labute approximate surface area is 128 Å². The molecule has 1 saturated heterocycles. The van der Waals surface area contributed by atoms with Crippen molar-refractivity contribution >= 4 is 15.9 Å². The van der Waals surface area contributed by atoms with E-state index in [1.54, 1.807) is 0 Å². The van der Waals surface area contributed by atoms with Gasteiger partial charge in [0.25, 0.3) is 0 Å². The topological polar surface area (TPSA) is 19.6 Å². The van der Waals surface area contributed by atoms with Crippen molar-refractivity contribution in [3.8, 4) is 0 Å². The summed E-state index contributed by atoms with van der Waals surface area (Å²) >= 11 is 3.35. The van der Waals surface area contributed by atoms with E-state index in [0.717, 1.165) is 49.7 Å². The van der Waals surface area contributed by atoms with Gasteiger partial charge in [-0.2, -0.15) is 0 Å². The van der Waals surface area contributed by atoms with Gasteiger partial charge in [-0.1, -0.05) is 30.3 Å².